The Hall–Kier alpha value is -2.01. The number of anilines is 2. The summed E-state index contributed by atoms with van der Waals surface area (Å²) in [7, 11) is 0. The monoisotopic (exact) mass is 286 g/mol. The highest BCUT2D eigenvalue weighted by atomic mass is 16.5. The van der Waals surface area contributed by atoms with E-state index in [4.69, 9.17) is 4.74 Å². The van der Waals surface area contributed by atoms with Gasteiger partial charge >= 0.3 is 0 Å². The molecule has 0 atom stereocenters. The summed E-state index contributed by atoms with van der Waals surface area (Å²) in [6.07, 6.45) is 0. The number of nitrogens with one attached hydrogen (secondary N) is 2. The van der Waals surface area contributed by atoms with Crippen molar-refractivity contribution in [2.24, 2.45) is 0 Å². The van der Waals surface area contributed by atoms with Gasteiger partial charge in [0.25, 0.3) is 0 Å². The maximum Gasteiger partial charge on any atom is 0.0643 e. The van der Waals surface area contributed by atoms with Crippen molar-refractivity contribution in [3.8, 4) is 0 Å². The van der Waals surface area contributed by atoms with E-state index in [0.717, 1.165) is 44.2 Å². The Bertz CT molecular complexity index is 583. The van der Waals surface area contributed by atoms with Crippen LogP contribution < -0.4 is 10.2 Å². The number of aromatic nitrogens is 2. The second-order valence-electron chi connectivity index (χ2n) is 5.38. The molecule has 0 amide bonds. The number of morpholine rings is 1. The summed E-state index contributed by atoms with van der Waals surface area (Å²) in [5.74, 6) is 0. The minimum absolute atomic E-state index is 0.787. The van der Waals surface area contributed by atoms with E-state index in [1.807, 2.05) is 6.92 Å². The number of H-pyrrole nitrogens is 1. The highest BCUT2D eigenvalue weighted by Crippen LogP contribution is 2.27. The average Bonchev–Trinajstić information content (AvgIpc) is 2.85. The van der Waals surface area contributed by atoms with Gasteiger partial charge in [-0.25, -0.2) is 0 Å². The van der Waals surface area contributed by atoms with Crippen molar-refractivity contribution >= 4 is 11.4 Å². The fraction of sp³-hybridized carbons (Fsp3) is 0.438. The third kappa shape index (κ3) is 3.03. The minimum Gasteiger partial charge on any atom is -0.379 e. The molecule has 2 N–H and O–H groups in total. The Balaban J connectivity index is 1.76. The molecule has 1 aliphatic heterocycles. The van der Waals surface area contributed by atoms with E-state index >= 15 is 0 Å². The van der Waals surface area contributed by atoms with E-state index in [9.17, 15) is 0 Å². The molecule has 0 spiro atoms. The Morgan fingerprint density at radius 3 is 2.71 bits per heavy atom. The molecule has 5 nitrogen and oxygen atoms in total. The Morgan fingerprint density at radius 1 is 1.24 bits per heavy atom. The highest BCUT2D eigenvalue weighted by molar-refractivity contribution is 5.70. The maximum absolute atomic E-state index is 5.44. The fourth-order valence-electron chi connectivity index (χ4n) is 2.72. The number of aromatic amines is 1. The van der Waals surface area contributed by atoms with Crippen LogP contribution in [0.3, 0.4) is 0 Å². The van der Waals surface area contributed by atoms with Gasteiger partial charge in [-0.2, -0.15) is 5.10 Å². The predicted octanol–water partition coefficient (Wildman–Crippen LogP) is 2.48. The molecule has 112 valence electrons. The normalized spacial score (nSPS) is 15.2. The van der Waals surface area contributed by atoms with E-state index in [1.165, 1.54) is 16.9 Å². The molecule has 0 saturated carbocycles. The summed E-state index contributed by atoms with van der Waals surface area (Å²) < 4.78 is 5.44. The summed E-state index contributed by atoms with van der Waals surface area (Å²) in [6, 6.07) is 8.46. The summed E-state index contributed by atoms with van der Waals surface area (Å²) >= 11 is 0. The second kappa shape index (κ2) is 6.18. The quantitative estimate of drug-likeness (QED) is 0.906. The van der Waals surface area contributed by atoms with Gasteiger partial charge in [-0.15, -0.1) is 0 Å². The molecule has 1 saturated heterocycles. The molecule has 0 radical (unpaired) electrons. The molecule has 1 aromatic heterocycles. The number of nitrogens with zero attached hydrogens (tertiary/aromatic N) is 2. The van der Waals surface area contributed by atoms with Crippen LogP contribution in [0.2, 0.25) is 0 Å². The van der Waals surface area contributed by atoms with Crippen LogP contribution in [-0.4, -0.2) is 36.5 Å². The first-order chi connectivity index (χ1) is 10.3. The SMILES string of the molecule is Cc1n[nH]c(C)c1CNc1ccccc1N1CCOCC1. The van der Waals surface area contributed by atoms with Gasteiger partial charge in [0.05, 0.1) is 30.3 Å². The van der Waals surface area contributed by atoms with E-state index in [0.29, 0.717) is 0 Å². The molecule has 5 heteroatoms. The Labute approximate surface area is 125 Å². The highest BCUT2D eigenvalue weighted by Gasteiger charge is 2.14. The molecule has 1 aromatic carbocycles. The largest absolute Gasteiger partial charge is 0.379 e. The molecule has 0 bridgehead atoms. The van der Waals surface area contributed by atoms with Gasteiger partial charge < -0.3 is 15.0 Å². The van der Waals surface area contributed by atoms with Crippen molar-refractivity contribution in [1.29, 1.82) is 0 Å². The van der Waals surface area contributed by atoms with E-state index in [1.54, 1.807) is 0 Å². The molecule has 3 rings (SSSR count). The molecule has 21 heavy (non-hydrogen) atoms. The van der Waals surface area contributed by atoms with E-state index in [-0.39, 0.29) is 0 Å². The van der Waals surface area contributed by atoms with E-state index < -0.39 is 0 Å². The van der Waals surface area contributed by atoms with Gasteiger partial charge in [-0.1, -0.05) is 12.1 Å². The molecule has 2 aromatic rings. The van der Waals surface area contributed by atoms with Gasteiger partial charge in [0.1, 0.15) is 0 Å². The minimum atomic E-state index is 0.787. The molecular formula is C16H22N4O. The lowest BCUT2D eigenvalue weighted by Gasteiger charge is -2.30. The lowest BCUT2D eigenvalue weighted by Crippen LogP contribution is -2.36. The van der Waals surface area contributed by atoms with Gasteiger partial charge in [0.2, 0.25) is 0 Å². The molecule has 0 aliphatic carbocycles. The Morgan fingerprint density at radius 2 is 2.00 bits per heavy atom. The first kappa shape index (κ1) is 13.9. The number of para-hydroxylation sites is 2. The van der Waals surface area contributed by atoms with Crippen LogP contribution in [0.1, 0.15) is 17.0 Å². The summed E-state index contributed by atoms with van der Waals surface area (Å²) in [4.78, 5) is 2.38. The molecule has 1 fully saturated rings. The van der Waals surface area contributed by atoms with Crippen LogP contribution in [0, 0.1) is 13.8 Å². The fourth-order valence-corrected chi connectivity index (χ4v) is 2.72. The molecule has 1 aliphatic rings. The van der Waals surface area contributed by atoms with Crippen molar-refractivity contribution in [1.82, 2.24) is 10.2 Å². The maximum atomic E-state index is 5.44. The van der Waals surface area contributed by atoms with Crippen LogP contribution >= 0.6 is 0 Å². The van der Waals surface area contributed by atoms with Crippen molar-refractivity contribution in [3.63, 3.8) is 0 Å². The molecule has 2 heterocycles. The first-order valence-corrected chi connectivity index (χ1v) is 7.42. The Kier molecular flexibility index (Phi) is 4.10. The van der Waals surface area contributed by atoms with Crippen LogP contribution in [-0.2, 0) is 11.3 Å². The molecule has 0 unspecified atom stereocenters. The van der Waals surface area contributed by atoms with Crippen LogP contribution in [0.15, 0.2) is 24.3 Å². The van der Waals surface area contributed by atoms with Gasteiger partial charge in [0.15, 0.2) is 0 Å². The lowest BCUT2D eigenvalue weighted by atomic mass is 10.2. The summed E-state index contributed by atoms with van der Waals surface area (Å²) in [6.45, 7) is 8.38. The van der Waals surface area contributed by atoms with Gasteiger partial charge in [0, 0.05) is 30.9 Å². The van der Waals surface area contributed by atoms with Crippen LogP contribution in [0.25, 0.3) is 0 Å². The third-order valence-electron chi connectivity index (χ3n) is 3.99. The summed E-state index contributed by atoms with van der Waals surface area (Å²) in [5, 5.41) is 10.8. The zero-order valence-corrected chi connectivity index (χ0v) is 12.6. The standard InChI is InChI=1S/C16H22N4O/c1-12-14(13(2)19-18-12)11-17-15-5-3-4-6-16(15)20-7-9-21-10-8-20/h3-6,17H,7-11H2,1-2H3,(H,18,19). The van der Waals surface area contributed by atoms with Crippen LogP contribution in [0.4, 0.5) is 11.4 Å². The lowest BCUT2D eigenvalue weighted by molar-refractivity contribution is 0.123. The predicted molar refractivity (Wildman–Crippen MR) is 84.9 cm³/mol. The van der Waals surface area contributed by atoms with Gasteiger partial charge in [-0.3, -0.25) is 5.10 Å². The average molecular weight is 286 g/mol. The number of hydrogen-bond donors (Lipinski definition) is 2. The molecular weight excluding hydrogens is 264 g/mol. The number of aryl methyl sites for hydroxylation is 2. The smallest absolute Gasteiger partial charge is 0.0643 e. The second-order valence-corrected chi connectivity index (χ2v) is 5.38. The zero-order chi connectivity index (χ0) is 14.7. The first-order valence-electron chi connectivity index (χ1n) is 7.42. The third-order valence-corrected chi connectivity index (χ3v) is 3.99. The number of benzene rings is 1. The topological polar surface area (TPSA) is 53.2 Å². The zero-order valence-electron chi connectivity index (χ0n) is 12.6. The summed E-state index contributed by atoms with van der Waals surface area (Å²) in [5.41, 5.74) is 5.85. The van der Waals surface area contributed by atoms with Crippen molar-refractivity contribution in [3.05, 3.63) is 41.2 Å². The number of hydrogen-bond acceptors (Lipinski definition) is 4. The van der Waals surface area contributed by atoms with Gasteiger partial charge in [-0.05, 0) is 26.0 Å². The van der Waals surface area contributed by atoms with E-state index in [2.05, 4.69) is 51.6 Å². The van der Waals surface area contributed by atoms with Crippen molar-refractivity contribution in [2.75, 3.05) is 36.5 Å². The number of rotatable bonds is 4. The number of ether oxygens (including phenoxy) is 1. The van der Waals surface area contributed by atoms with Crippen molar-refractivity contribution in [2.45, 2.75) is 20.4 Å². The van der Waals surface area contributed by atoms with Crippen LogP contribution in [0.5, 0.6) is 0 Å². The van der Waals surface area contributed by atoms with Crippen molar-refractivity contribution < 1.29 is 4.74 Å².